The third-order valence-electron chi connectivity index (χ3n) is 6.33. The maximum Gasteiger partial charge on any atom is 0.253 e. The van der Waals surface area contributed by atoms with Crippen molar-refractivity contribution in [2.75, 3.05) is 26.2 Å². The summed E-state index contributed by atoms with van der Waals surface area (Å²) in [7, 11) is 2.06. The van der Waals surface area contributed by atoms with Gasteiger partial charge in [-0.1, -0.05) is 18.2 Å². The molecule has 3 heterocycles. The summed E-state index contributed by atoms with van der Waals surface area (Å²) in [6.07, 6.45) is 8.65. The van der Waals surface area contributed by atoms with E-state index in [0.29, 0.717) is 5.41 Å². The zero-order chi connectivity index (χ0) is 18.0. The second-order valence-corrected chi connectivity index (χ2v) is 7.89. The Balaban J connectivity index is 1.30. The van der Waals surface area contributed by atoms with Crippen molar-refractivity contribution < 1.29 is 4.79 Å². The highest BCUT2D eigenvalue weighted by Gasteiger charge is 2.38. The summed E-state index contributed by atoms with van der Waals surface area (Å²) in [5, 5.41) is 0. The molecule has 138 valence electrons. The maximum absolute atomic E-state index is 12.6. The summed E-state index contributed by atoms with van der Waals surface area (Å²) in [6.45, 7) is 5.01. The molecule has 0 aliphatic carbocycles. The molecule has 2 aliphatic heterocycles. The normalized spacial score (nSPS) is 20.4. The SMILES string of the molecule is Cn1ccnc1CN1CCC2(CC1)CCN(C(=O)c1ccccc1)CC2. The number of hydrogen-bond acceptors (Lipinski definition) is 3. The number of carbonyl (C=O) groups excluding carboxylic acids is 1. The first kappa shape index (κ1) is 17.3. The van der Waals surface area contributed by atoms with Gasteiger partial charge in [0.25, 0.3) is 5.91 Å². The smallest absolute Gasteiger partial charge is 0.253 e. The molecule has 2 fully saturated rings. The van der Waals surface area contributed by atoms with Gasteiger partial charge in [0, 0.05) is 38.1 Å². The van der Waals surface area contributed by atoms with Gasteiger partial charge in [-0.25, -0.2) is 4.98 Å². The molecule has 0 radical (unpaired) electrons. The first-order chi connectivity index (χ1) is 12.7. The van der Waals surface area contributed by atoms with Gasteiger partial charge >= 0.3 is 0 Å². The minimum atomic E-state index is 0.188. The number of amides is 1. The fraction of sp³-hybridized carbons (Fsp3) is 0.524. The van der Waals surface area contributed by atoms with Gasteiger partial charge in [-0.05, 0) is 56.3 Å². The van der Waals surface area contributed by atoms with Gasteiger partial charge in [0.15, 0.2) is 0 Å². The fourth-order valence-corrected chi connectivity index (χ4v) is 4.38. The van der Waals surface area contributed by atoms with Crippen molar-refractivity contribution in [1.29, 1.82) is 0 Å². The van der Waals surface area contributed by atoms with Crippen LogP contribution >= 0.6 is 0 Å². The van der Waals surface area contributed by atoms with E-state index in [1.807, 2.05) is 47.6 Å². The quantitative estimate of drug-likeness (QED) is 0.853. The third kappa shape index (κ3) is 3.54. The number of benzene rings is 1. The van der Waals surface area contributed by atoms with Crippen molar-refractivity contribution in [2.45, 2.75) is 32.2 Å². The summed E-state index contributed by atoms with van der Waals surface area (Å²) >= 11 is 0. The Morgan fingerprint density at radius 1 is 1.04 bits per heavy atom. The van der Waals surface area contributed by atoms with E-state index < -0.39 is 0 Å². The average Bonchev–Trinajstić information content (AvgIpc) is 3.09. The molecule has 26 heavy (non-hydrogen) atoms. The van der Waals surface area contributed by atoms with Crippen molar-refractivity contribution in [2.24, 2.45) is 12.5 Å². The van der Waals surface area contributed by atoms with E-state index in [9.17, 15) is 4.79 Å². The molecular formula is C21H28N4O. The molecule has 0 unspecified atom stereocenters. The number of aryl methyl sites for hydroxylation is 1. The number of piperidine rings is 2. The van der Waals surface area contributed by atoms with Gasteiger partial charge in [0.05, 0.1) is 6.54 Å². The Labute approximate surface area is 155 Å². The molecule has 2 aromatic rings. The number of aromatic nitrogens is 2. The topological polar surface area (TPSA) is 41.4 Å². The molecule has 1 aromatic heterocycles. The van der Waals surface area contributed by atoms with Gasteiger partial charge in [-0.2, -0.15) is 0 Å². The molecule has 4 rings (SSSR count). The maximum atomic E-state index is 12.6. The van der Waals surface area contributed by atoms with E-state index >= 15 is 0 Å². The molecule has 0 saturated carbocycles. The fourth-order valence-electron chi connectivity index (χ4n) is 4.38. The van der Waals surface area contributed by atoms with E-state index in [-0.39, 0.29) is 5.91 Å². The number of rotatable bonds is 3. The van der Waals surface area contributed by atoms with Crippen molar-refractivity contribution >= 4 is 5.91 Å². The van der Waals surface area contributed by atoms with E-state index in [0.717, 1.165) is 57.0 Å². The van der Waals surface area contributed by atoms with Crippen LogP contribution in [0.4, 0.5) is 0 Å². The Morgan fingerprint density at radius 2 is 1.69 bits per heavy atom. The lowest BCUT2D eigenvalue weighted by atomic mass is 9.71. The van der Waals surface area contributed by atoms with Crippen LogP contribution in [0.3, 0.4) is 0 Å². The largest absolute Gasteiger partial charge is 0.339 e. The van der Waals surface area contributed by atoms with Gasteiger partial charge in [-0.15, -0.1) is 0 Å². The Kier molecular flexibility index (Phi) is 4.81. The molecule has 5 heteroatoms. The zero-order valence-electron chi connectivity index (χ0n) is 15.6. The molecule has 0 N–H and O–H groups in total. The highest BCUT2D eigenvalue weighted by Crippen LogP contribution is 2.41. The van der Waals surface area contributed by atoms with Crippen LogP contribution in [0.2, 0.25) is 0 Å². The Morgan fingerprint density at radius 3 is 2.31 bits per heavy atom. The van der Waals surface area contributed by atoms with Crippen LogP contribution in [-0.4, -0.2) is 51.4 Å². The molecule has 0 bridgehead atoms. The Bertz CT molecular complexity index is 736. The number of nitrogens with zero attached hydrogens (tertiary/aromatic N) is 4. The standard InChI is InChI=1S/C21H28N4O/c1-23-16-11-22-19(23)17-24-12-7-21(8-13-24)9-14-25(15-10-21)20(26)18-5-3-2-4-6-18/h2-6,11,16H,7-10,12-15,17H2,1H3. The lowest BCUT2D eigenvalue weighted by Crippen LogP contribution is -2.48. The van der Waals surface area contributed by atoms with Crippen molar-refractivity contribution in [3.05, 3.63) is 54.1 Å². The lowest BCUT2D eigenvalue weighted by Gasteiger charge is -2.46. The van der Waals surface area contributed by atoms with Crippen LogP contribution in [-0.2, 0) is 13.6 Å². The van der Waals surface area contributed by atoms with Gasteiger partial charge in [0.2, 0.25) is 0 Å². The molecular weight excluding hydrogens is 324 g/mol. The predicted octanol–water partition coefficient (Wildman–Crippen LogP) is 2.94. The van der Waals surface area contributed by atoms with Gasteiger partial charge < -0.3 is 9.47 Å². The Hall–Kier alpha value is -2.14. The molecule has 1 amide bonds. The molecule has 1 aromatic carbocycles. The summed E-state index contributed by atoms with van der Waals surface area (Å²) in [5.41, 5.74) is 1.25. The molecule has 0 atom stereocenters. The van der Waals surface area contributed by atoms with Crippen molar-refractivity contribution in [3.63, 3.8) is 0 Å². The van der Waals surface area contributed by atoms with E-state index in [1.165, 1.54) is 12.8 Å². The predicted molar refractivity (Wildman–Crippen MR) is 102 cm³/mol. The molecule has 1 spiro atoms. The minimum absolute atomic E-state index is 0.188. The van der Waals surface area contributed by atoms with E-state index in [1.54, 1.807) is 0 Å². The number of hydrogen-bond donors (Lipinski definition) is 0. The van der Waals surface area contributed by atoms with Crippen LogP contribution in [0.25, 0.3) is 0 Å². The monoisotopic (exact) mass is 352 g/mol. The second-order valence-electron chi connectivity index (χ2n) is 7.89. The van der Waals surface area contributed by atoms with Crippen molar-refractivity contribution in [1.82, 2.24) is 19.4 Å². The molecule has 2 aliphatic rings. The van der Waals surface area contributed by atoms with E-state index in [2.05, 4.69) is 21.5 Å². The van der Waals surface area contributed by atoms with Crippen LogP contribution in [0.5, 0.6) is 0 Å². The second kappa shape index (κ2) is 7.23. The summed E-state index contributed by atoms with van der Waals surface area (Å²) < 4.78 is 2.11. The molecule has 5 nitrogen and oxygen atoms in total. The summed E-state index contributed by atoms with van der Waals surface area (Å²) in [5.74, 6) is 1.33. The molecule has 2 saturated heterocycles. The van der Waals surface area contributed by atoms with Gasteiger partial charge in [-0.3, -0.25) is 9.69 Å². The number of imidazole rings is 1. The number of likely N-dealkylation sites (tertiary alicyclic amines) is 2. The summed E-state index contributed by atoms with van der Waals surface area (Å²) in [6, 6.07) is 9.68. The van der Waals surface area contributed by atoms with Crippen LogP contribution in [0.1, 0.15) is 41.9 Å². The highest BCUT2D eigenvalue weighted by molar-refractivity contribution is 5.94. The zero-order valence-corrected chi connectivity index (χ0v) is 15.6. The van der Waals surface area contributed by atoms with Gasteiger partial charge in [0.1, 0.15) is 5.82 Å². The average molecular weight is 352 g/mol. The van der Waals surface area contributed by atoms with Crippen LogP contribution in [0.15, 0.2) is 42.7 Å². The number of carbonyl (C=O) groups is 1. The van der Waals surface area contributed by atoms with Crippen molar-refractivity contribution in [3.8, 4) is 0 Å². The van der Waals surface area contributed by atoms with Crippen LogP contribution in [0, 0.1) is 5.41 Å². The lowest BCUT2D eigenvalue weighted by molar-refractivity contribution is 0.0278. The van der Waals surface area contributed by atoms with E-state index in [4.69, 9.17) is 0 Å². The van der Waals surface area contributed by atoms with Crippen LogP contribution < -0.4 is 0 Å². The first-order valence-corrected chi connectivity index (χ1v) is 9.68. The first-order valence-electron chi connectivity index (χ1n) is 9.68. The minimum Gasteiger partial charge on any atom is -0.339 e. The highest BCUT2D eigenvalue weighted by atomic mass is 16.2. The third-order valence-corrected chi connectivity index (χ3v) is 6.33. The summed E-state index contributed by atoms with van der Waals surface area (Å²) in [4.78, 5) is 21.7.